The zero-order valence-electron chi connectivity index (χ0n) is 10.7. The zero-order valence-corrected chi connectivity index (χ0v) is 10.7. The van der Waals surface area contributed by atoms with E-state index in [1.807, 2.05) is 0 Å². The van der Waals surface area contributed by atoms with Crippen molar-refractivity contribution in [1.82, 2.24) is 10.1 Å². The Labute approximate surface area is 108 Å². The molecule has 0 saturated heterocycles. The molecule has 19 heavy (non-hydrogen) atoms. The minimum atomic E-state index is -4.34. The number of ether oxygens (including phenoxy) is 1. The molecule has 1 rings (SSSR count). The van der Waals surface area contributed by atoms with E-state index in [1.54, 1.807) is 13.8 Å². The number of hydrogen-bond donors (Lipinski definition) is 0. The highest BCUT2D eigenvalue weighted by Crippen LogP contribution is 2.16. The fourth-order valence-electron chi connectivity index (χ4n) is 1.34. The van der Waals surface area contributed by atoms with E-state index >= 15 is 0 Å². The van der Waals surface area contributed by atoms with Crippen LogP contribution in [0.3, 0.4) is 0 Å². The zero-order chi connectivity index (χ0) is 14.5. The Kier molecular flexibility index (Phi) is 5.46. The summed E-state index contributed by atoms with van der Waals surface area (Å²) in [4.78, 5) is 15.4. The van der Waals surface area contributed by atoms with E-state index in [1.165, 1.54) is 0 Å². The lowest BCUT2D eigenvalue weighted by molar-refractivity contribution is -0.173. The van der Waals surface area contributed by atoms with E-state index in [2.05, 4.69) is 14.9 Å². The molecule has 1 heterocycles. The number of halogens is 3. The van der Waals surface area contributed by atoms with Gasteiger partial charge in [0, 0.05) is 12.8 Å². The molecule has 8 heteroatoms. The lowest BCUT2D eigenvalue weighted by Crippen LogP contribution is -2.18. The summed E-state index contributed by atoms with van der Waals surface area (Å²) in [6.45, 7) is 1.90. The van der Waals surface area contributed by atoms with Gasteiger partial charge in [-0.05, 0) is 6.92 Å². The summed E-state index contributed by atoms with van der Waals surface area (Å²) >= 11 is 0. The normalized spacial score (nSPS) is 13.5. The van der Waals surface area contributed by atoms with Gasteiger partial charge < -0.3 is 9.26 Å². The number of hydrogen-bond acceptors (Lipinski definition) is 5. The second kappa shape index (κ2) is 6.65. The molecular weight excluding hydrogens is 265 g/mol. The molecule has 5 nitrogen and oxygen atoms in total. The molecule has 1 aromatic heterocycles. The molecule has 0 spiro atoms. The van der Waals surface area contributed by atoms with Crippen molar-refractivity contribution in [2.45, 2.75) is 38.8 Å². The molecule has 0 aliphatic rings. The van der Waals surface area contributed by atoms with Crippen molar-refractivity contribution in [3.8, 4) is 0 Å². The number of rotatable bonds is 7. The molecule has 0 bridgehead atoms. The van der Waals surface area contributed by atoms with Crippen molar-refractivity contribution in [2.24, 2.45) is 0 Å². The third kappa shape index (κ3) is 5.37. The second-order valence-electron chi connectivity index (χ2n) is 4.01. The number of Topliss-reactive ketones (excluding diaryl/α,β-unsaturated/α-hetero) is 1. The van der Waals surface area contributed by atoms with Crippen molar-refractivity contribution >= 4 is 5.78 Å². The maximum Gasteiger partial charge on any atom is 0.411 e. The number of ketones is 1. The summed E-state index contributed by atoms with van der Waals surface area (Å²) in [5.74, 6) is -0.128. The average Bonchev–Trinajstić information content (AvgIpc) is 2.80. The predicted molar refractivity (Wildman–Crippen MR) is 58.6 cm³/mol. The molecule has 1 unspecified atom stereocenters. The van der Waals surface area contributed by atoms with Gasteiger partial charge in [0.2, 0.25) is 5.89 Å². The van der Waals surface area contributed by atoms with Crippen LogP contribution in [-0.4, -0.2) is 35.3 Å². The molecule has 1 aromatic rings. The second-order valence-corrected chi connectivity index (χ2v) is 4.01. The Balaban J connectivity index is 2.41. The average molecular weight is 280 g/mol. The Morgan fingerprint density at radius 2 is 2.16 bits per heavy atom. The molecule has 0 N–H and O–H groups in total. The minimum Gasteiger partial charge on any atom is -0.372 e. The van der Waals surface area contributed by atoms with E-state index in [-0.39, 0.29) is 30.5 Å². The Morgan fingerprint density at radius 3 is 2.74 bits per heavy atom. The first-order valence-corrected chi connectivity index (χ1v) is 5.83. The largest absolute Gasteiger partial charge is 0.411 e. The Morgan fingerprint density at radius 1 is 1.47 bits per heavy atom. The molecular formula is C11H15F3N2O3. The van der Waals surface area contributed by atoms with E-state index < -0.39 is 18.7 Å². The van der Waals surface area contributed by atoms with E-state index in [0.717, 1.165) is 0 Å². The first-order chi connectivity index (χ1) is 8.83. The van der Waals surface area contributed by atoms with Gasteiger partial charge in [0.15, 0.2) is 5.82 Å². The highest BCUT2D eigenvalue weighted by molar-refractivity contribution is 5.83. The van der Waals surface area contributed by atoms with E-state index in [0.29, 0.717) is 6.42 Å². The predicted octanol–water partition coefficient (Wildman–Crippen LogP) is 2.27. The summed E-state index contributed by atoms with van der Waals surface area (Å²) < 4.78 is 44.7. The van der Waals surface area contributed by atoms with Crippen molar-refractivity contribution in [2.75, 3.05) is 13.2 Å². The van der Waals surface area contributed by atoms with Crippen LogP contribution in [0.4, 0.5) is 13.2 Å². The molecule has 0 aliphatic carbocycles. The fourth-order valence-corrected chi connectivity index (χ4v) is 1.34. The van der Waals surface area contributed by atoms with Crippen LogP contribution in [-0.2, 0) is 16.0 Å². The number of carbonyl (C=O) groups excluding carboxylic acids is 1. The summed E-state index contributed by atoms with van der Waals surface area (Å²) in [7, 11) is 0. The van der Waals surface area contributed by atoms with Gasteiger partial charge in [-0.1, -0.05) is 12.1 Å². The topological polar surface area (TPSA) is 65.2 Å². The molecule has 0 aromatic carbocycles. The van der Waals surface area contributed by atoms with Crippen molar-refractivity contribution < 1.29 is 27.2 Å². The highest BCUT2D eigenvalue weighted by Gasteiger charge is 2.27. The Hall–Kier alpha value is -1.44. The van der Waals surface area contributed by atoms with Crippen molar-refractivity contribution in [1.29, 1.82) is 0 Å². The first-order valence-electron chi connectivity index (χ1n) is 5.83. The monoisotopic (exact) mass is 280 g/mol. The van der Waals surface area contributed by atoms with E-state index in [4.69, 9.17) is 4.52 Å². The lowest BCUT2D eigenvalue weighted by atomic mass is 10.1. The molecule has 1 atom stereocenters. The molecule has 0 amide bonds. The number of carbonyl (C=O) groups is 1. The van der Waals surface area contributed by atoms with Crippen molar-refractivity contribution in [3.05, 3.63) is 11.7 Å². The first kappa shape index (κ1) is 15.6. The Bertz CT molecular complexity index is 418. The van der Waals surface area contributed by atoms with Gasteiger partial charge in [0.05, 0.1) is 12.5 Å². The summed E-state index contributed by atoms with van der Waals surface area (Å²) in [6, 6.07) is 0. The van der Waals surface area contributed by atoms with Gasteiger partial charge in [0.1, 0.15) is 12.4 Å². The van der Waals surface area contributed by atoms with Gasteiger partial charge >= 0.3 is 6.18 Å². The number of nitrogens with zero attached hydrogens (tertiary/aromatic N) is 2. The number of alkyl halides is 3. The molecule has 108 valence electrons. The molecule has 0 saturated carbocycles. The van der Waals surface area contributed by atoms with Crippen LogP contribution >= 0.6 is 0 Å². The standard InChI is InChI=1S/C11H15F3N2O3/c1-3-8(17)7(2)10-15-9(16-19-10)4-5-18-6-11(12,13)14/h7H,3-6H2,1-2H3. The quantitative estimate of drug-likeness (QED) is 0.717. The maximum atomic E-state index is 11.8. The van der Waals surface area contributed by atoms with Crippen LogP contribution in [0.1, 0.15) is 37.9 Å². The van der Waals surface area contributed by atoms with Crippen LogP contribution in [0.2, 0.25) is 0 Å². The lowest BCUT2D eigenvalue weighted by Gasteiger charge is -2.05. The number of aromatic nitrogens is 2. The van der Waals surface area contributed by atoms with Crippen LogP contribution in [0.25, 0.3) is 0 Å². The summed E-state index contributed by atoms with van der Waals surface area (Å²) in [6.07, 6.45) is -3.88. The van der Waals surface area contributed by atoms with Crippen LogP contribution < -0.4 is 0 Å². The maximum absolute atomic E-state index is 11.8. The fraction of sp³-hybridized carbons (Fsp3) is 0.727. The summed E-state index contributed by atoms with van der Waals surface area (Å²) in [5, 5.41) is 3.59. The third-order valence-corrected chi connectivity index (χ3v) is 2.42. The van der Waals surface area contributed by atoms with Gasteiger partial charge in [-0.25, -0.2) is 0 Å². The van der Waals surface area contributed by atoms with E-state index in [9.17, 15) is 18.0 Å². The van der Waals surface area contributed by atoms with Gasteiger partial charge in [0.25, 0.3) is 0 Å². The van der Waals surface area contributed by atoms with Crippen LogP contribution in [0.15, 0.2) is 4.52 Å². The molecule has 0 aliphatic heterocycles. The van der Waals surface area contributed by atoms with Gasteiger partial charge in [-0.3, -0.25) is 4.79 Å². The summed E-state index contributed by atoms with van der Waals surface area (Å²) in [5.41, 5.74) is 0. The van der Waals surface area contributed by atoms with Crippen LogP contribution in [0, 0.1) is 0 Å². The smallest absolute Gasteiger partial charge is 0.372 e. The minimum absolute atomic E-state index is 0.0384. The van der Waals surface area contributed by atoms with Gasteiger partial charge in [-0.15, -0.1) is 0 Å². The SMILES string of the molecule is CCC(=O)C(C)c1nc(CCOCC(F)(F)F)no1. The van der Waals surface area contributed by atoms with Gasteiger partial charge in [-0.2, -0.15) is 18.2 Å². The van der Waals surface area contributed by atoms with Crippen LogP contribution in [0.5, 0.6) is 0 Å². The highest BCUT2D eigenvalue weighted by atomic mass is 19.4. The third-order valence-electron chi connectivity index (χ3n) is 2.42. The van der Waals surface area contributed by atoms with Crippen molar-refractivity contribution in [3.63, 3.8) is 0 Å². The molecule has 0 radical (unpaired) electrons. The molecule has 0 fully saturated rings.